The molecule has 0 aliphatic carbocycles. The molecule has 2 aromatic heterocycles. The zero-order valence-corrected chi connectivity index (χ0v) is 15.8. The molecule has 4 aromatic rings. The molecule has 0 fully saturated rings. The summed E-state index contributed by atoms with van der Waals surface area (Å²) in [6.45, 7) is 8.56. The third kappa shape index (κ3) is 3.51. The number of hydrogen-bond acceptors (Lipinski definition) is 4. The molecule has 0 amide bonds. The van der Waals surface area contributed by atoms with Gasteiger partial charge in [0.2, 0.25) is 0 Å². The number of hydrogen-bond donors (Lipinski definition) is 2. The molecule has 0 radical (unpaired) electrons. The lowest BCUT2D eigenvalue weighted by Gasteiger charge is -2.16. The van der Waals surface area contributed by atoms with Gasteiger partial charge in [-0.25, -0.2) is 9.97 Å². The molecule has 2 N–H and O–H groups in total. The Morgan fingerprint density at radius 2 is 1.67 bits per heavy atom. The van der Waals surface area contributed by atoms with E-state index in [0.717, 1.165) is 59.6 Å². The van der Waals surface area contributed by atoms with E-state index in [4.69, 9.17) is 14.4 Å². The second-order valence-electron chi connectivity index (χ2n) is 6.67. The Hall–Kier alpha value is -2.92. The summed E-state index contributed by atoms with van der Waals surface area (Å²) in [6, 6.07) is 18.1. The van der Waals surface area contributed by atoms with Gasteiger partial charge in [-0.1, -0.05) is 42.5 Å². The van der Waals surface area contributed by atoms with Crippen molar-refractivity contribution in [3.63, 3.8) is 0 Å². The van der Waals surface area contributed by atoms with Crippen LogP contribution in [-0.4, -0.2) is 36.1 Å². The first-order valence-corrected chi connectivity index (χ1v) is 9.62. The Morgan fingerprint density at radius 1 is 0.926 bits per heavy atom. The van der Waals surface area contributed by atoms with E-state index in [2.05, 4.69) is 19.2 Å². The third-order valence-electron chi connectivity index (χ3n) is 5.02. The van der Waals surface area contributed by atoms with E-state index in [1.54, 1.807) is 4.90 Å². The van der Waals surface area contributed by atoms with E-state index in [1.165, 1.54) is 0 Å². The zero-order valence-electron chi connectivity index (χ0n) is 15.8. The topological polar surface area (TPSA) is 55.4 Å². The van der Waals surface area contributed by atoms with Crippen LogP contribution in [0.25, 0.3) is 33.5 Å². The minimum atomic E-state index is 0.715. The van der Waals surface area contributed by atoms with E-state index in [0.29, 0.717) is 5.82 Å². The standard InChI is InChI=1S/C22H24N4O/c1-3-26(4-2)15-14-23-22-20-19(17-12-8-9-13-18(17)27-20)24-21(25-22)16-10-6-5-7-11-16/h5-13H,3-4,14-15H2,1-2H3,(H,23,24,25)/p+1. The summed E-state index contributed by atoms with van der Waals surface area (Å²) in [6.07, 6.45) is 0. The van der Waals surface area contributed by atoms with Gasteiger partial charge >= 0.3 is 0 Å². The van der Waals surface area contributed by atoms with E-state index in [9.17, 15) is 0 Å². The van der Waals surface area contributed by atoms with Crippen molar-refractivity contribution in [1.82, 2.24) is 9.97 Å². The Labute approximate surface area is 159 Å². The number of furan rings is 1. The molecule has 5 nitrogen and oxygen atoms in total. The van der Waals surface area contributed by atoms with Crippen LogP contribution >= 0.6 is 0 Å². The first kappa shape index (κ1) is 17.5. The van der Waals surface area contributed by atoms with Crippen LogP contribution in [0.3, 0.4) is 0 Å². The normalized spacial score (nSPS) is 11.5. The number of quaternary nitrogens is 1. The summed E-state index contributed by atoms with van der Waals surface area (Å²) < 4.78 is 6.09. The average molecular weight is 361 g/mol. The van der Waals surface area contributed by atoms with Crippen LogP contribution in [0.15, 0.2) is 59.0 Å². The second-order valence-corrected chi connectivity index (χ2v) is 6.67. The van der Waals surface area contributed by atoms with Crippen molar-refractivity contribution in [2.45, 2.75) is 13.8 Å². The van der Waals surface area contributed by atoms with Crippen LogP contribution in [0.5, 0.6) is 0 Å². The first-order chi connectivity index (χ1) is 13.3. The van der Waals surface area contributed by atoms with Crippen molar-refractivity contribution in [2.24, 2.45) is 0 Å². The quantitative estimate of drug-likeness (QED) is 0.530. The molecule has 27 heavy (non-hydrogen) atoms. The number of para-hydroxylation sites is 1. The molecule has 0 saturated carbocycles. The molecule has 0 aliphatic rings. The molecule has 0 saturated heterocycles. The van der Waals surface area contributed by atoms with Crippen molar-refractivity contribution >= 4 is 27.9 Å². The molecule has 0 unspecified atom stereocenters. The number of likely N-dealkylation sites (N-methyl/N-ethyl adjacent to an activating group) is 1. The number of anilines is 1. The lowest BCUT2D eigenvalue weighted by Crippen LogP contribution is -3.12. The lowest BCUT2D eigenvalue weighted by atomic mass is 10.2. The molecule has 138 valence electrons. The number of nitrogens with one attached hydrogen (secondary N) is 2. The van der Waals surface area contributed by atoms with Crippen molar-refractivity contribution < 1.29 is 9.32 Å². The maximum absolute atomic E-state index is 6.09. The highest BCUT2D eigenvalue weighted by molar-refractivity contribution is 6.06. The minimum absolute atomic E-state index is 0.715. The van der Waals surface area contributed by atoms with Gasteiger partial charge in [-0.3, -0.25) is 0 Å². The van der Waals surface area contributed by atoms with E-state index in [1.807, 2.05) is 54.6 Å². The van der Waals surface area contributed by atoms with E-state index < -0.39 is 0 Å². The molecular weight excluding hydrogens is 336 g/mol. The van der Waals surface area contributed by atoms with E-state index >= 15 is 0 Å². The van der Waals surface area contributed by atoms with Crippen molar-refractivity contribution in [1.29, 1.82) is 0 Å². The molecule has 2 heterocycles. The summed E-state index contributed by atoms with van der Waals surface area (Å²) in [5, 5.41) is 4.51. The molecule has 4 rings (SSSR count). The van der Waals surface area contributed by atoms with Crippen LogP contribution in [0.4, 0.5) is 5.82 Å². The maximum atomic E-state index is 6.09. The van der Waals surface area contributed by atoms with Crippen LogP contribution in [0.1, 0.15) is 13.8 Å². The van der Waals surface area contributed by atoms with E-state index in [-0.39, 0.29) is 0 Å². The van der Waals surface area contributed by atoms with Gasteiger partial charge in [-0.15, -0.1) is 0 Å². The van der Waals surface area contributed by atoms with Gasteiger partial charge in [0.1, 0.15) is 11.1 Å². The van der Waals surface area contributed by atoms with Gasteiger partial charge in [0.15, 0.2) is 17.2 Å². The average Bonchev–Trinajstić information content (AvgIpc) is 3.11. The summed E-state index contributed by atoms with van der Waals surface area (Å²) >= 11 is 0. The number of rotatable bonds is 7. The number of fused-ring (bicyclic) bond motifs is 3. The van der Waals surface area contributed by atoms with Gasteiger partial charge in [0.05, 0.1) is 26.2 Å². The molecule has 0 spiro atoms. The van der Waals surface area contributed by atoms with Gasteiger partial charge < -0.3 is 14.6 Å². The SMILES string of the molecule is CC[NH+](CC)CCNc1nc(-c2ccccc2)nc2c1oc1ccccc12. The monoisotopic (exact) mass is 361 g/mol. The second kappa shape index (κ2) is 7.76. The molecule has 0 atom stereocenters. The molecular formula is C22H25N4O+. The molecule has 2 aromatic carbocycles. The molecule has 5 heteroatoms. The van der Waals surface area contributed by atoms with Gasteiger partial charge in [-0.05, 0) is 26.0 Å². The summed E-state index contributed by atoms with van der Waals surface area (Å²) in [7, 11) is 0. The molecule has 0 bridgehead atoms. The fourth-order valence-electron chi connectivity index (χ4n) is 3.39. The maximum Gasteiger partial charge on any atom is 0.196 e. The van der Waals surface area contributed by atoms with Gasteiger partial charge in [0.25, 0.3) is 0 Å². The number of nitrogens with zero attached hydrogens (tertiary/aromatic N) is 2. The van der Waals surface area contributed by atoms with Gasteiger partial charge in [-0.2, -0.15) is 0 Å². The number of aromatic nitrogens is 2. The third-order valence-corrected chi connectivity index (χ3v) is 5.02. The van der Waals surface area contributed by atoms with Crippen LogP contribution in [0, 0.1) is 0 Å². The predicted molar refractivity (Wildman–Crippen MR) is 110 cm³/mol. The van der Waals surface area contributed by atoms with Crippen LogP contribution in [0.2, 0.25) is 0 Å². The summed E-state index contributed by atoms with van der Waals surface area (Å²) in [5.74, 6) is 1.48. The van der Waals surface area contributed by atoms with Crippen molar-refractivity contribution in [3.05, 3.63) is 54.6 Å². The first-order valence-electron chi connectivity index (χ1n) is 9.62. The predicted octanol–water partition coefficient (Wildman–Crippen LogP) is 3.38. The highest BCUT2D eigenvalue weighted by Gasteiger charge is 2.16. The summed E-state index contributed by atoms with van der Waals surface area (Å²) in [5.41, 5.74) is 3.43. The Morgan fingerprint density at radius 3 is 2.44 bits per heavy atom. The smallest absolute Gasteiger partial charge is 0.196 e. The zero-order chi connectivity index (χ0) is 18.6. The number of benzene rings is 2. The van der Waals surface area contributed by atoms with Crippen molar-refractivity contribution in [2.75, 3.05) is 31.5 Å². The van der Waals surface area contributed by atoms with Crippen molar-refractivity contribution in [3.8, 4) is 11.4 Å². The fourth-order valence-corrected chi connectivity index (χ4v) is 3.39. The van der Waals surface area contributed by atoms with Crippen LogP contribution in [-0.2, 0) is 0 Å². The minimum Gasteiger partial charge on any atom is -0.450 e. The molecule has 0 aliphatic heterocycles. The largest absolute Gasteiger partial charge is 0.450 e. The van der Waals surface area contributed by atoms with Crippen LogP contribution < -0.4 is 10.2 Å². The lowest BCUT2D eigenvalue weighted by molar-refractivity contribution is -0.894. The highest BCUT2D eigenvalue weighted by Crippen LogP contribution is 2.32. The Bertz CT molecular complexity index is 1040. The Kier molecular flexibility index (Phi) is 5.03. The Balaban J connectivity index is 1.78. The fraction of sp³-hybridized carbons (Fsp3) is 0.273. The highest BCUT2D eigenvalue weighted by atomic mass is 16.3. The van der Waals surface area contributed by atoms with Gasteiger partial charge in [0, 0.05) is 10.9 Å². The summed E-state index contributed by atoms with van der Waals surface area (Å²) in [4.78, 5) is 11.2.